The molecule has 6 nitrogen and oxygen atoms in total. The highest BCUT2D eigenvalue weighted by molar-refractivity contribution is 9.10. The van der Waals surface area contributed by atoms with Crippen LogP contribution in [-0.2, 0) is 4.79 Å². The second kappa shape index (κ2) is 7.59. The van der Waals surface area contributed by atoms with E-state index in [0.717, 1.165) is 49.2 Å². The van der Waals surface area contributed by atoms with E-state index in [1.165, 1.54) is 6.33 Å². The number of halogens is 1. The zero-order valence-electron chi connectivity index (χ0n) is 12.5. The normalized spacial score (nSPS) is 15.9. The summed E-state index contributed by atoms with van der Waals surface area (Å²) in [6.45, 7) is 6.53. The maximum absolute atomic E-state index is 12.3. The molecule has 1 amide bonds. The molecule has 116 valence electrons. The molecule has 1 aliphatic rings. The lowest BCUT2D eigenvalue weighted by molar-refractivity contribution is -0.130. The van der Waals surface area contributed by atoms with Gasteiger partial charge in [-0.15, -0.1) is 0 Å². The second-order valence-corrected chi connectivity index (χ2v) is 6.00. The lowest BCUT2D eigenvalue weighted by Gasteiger charge is -2.22. The molecular formula is C14H22BrN5O. The third-order valence-corrected chi connectivity index (χ3v) is 4.22. The van der Waals surface area contributed by atoms with E-state index >= 15 is 0 Å². The van der Waals surface area contributed by atoms with Crippen LogP contribution in [0.4, 0.5) is 11.6 Å². The Labute approximate surface area is 133 Å². The summed E-state index contributed by atoms with van der Waals surface area (Å²) in [5.41, 5.74) is 0. The fraction of sp³-hybridized carbons (Fsp3) is 0.643. The summed E-state index contributed by atoms with van der Waals surface area (Å²) in [5, 5.41) is 6.40. The Morgan fingerprint density at radius 1 is 1.38 bits per heavy atom. The fourth-order valence-corrected chi connectivity index (χ4v) is 2.77. The standard InChI is InChI=1S/C14H22BrN5O/c1-3-6-16-12-11(15)13(18-9-17-12)19-10(2)14(21)20-7-4-5-8-20/h9-10H,3-8H2,1-2H3,(H2,16,17,18,19). The van der Waals surface area contributed by atoms with Gasteiger partial charge < -0.3 is 15.5 Å². The molecule has 0 aliphatic carbocycles. The van der Waals surface area contributed by atoms with Gasteiger partial charge in [0.05, 0.1) is 0 Å². The van der Waals surface area contributed by atoms with Crippen molar-refractivity contribution in [3.8, 4) is 0 Å². The largest absolute Gasteiger partial charge is 0.369 e. The van der Waals surface area contributed by atoms with Crippen LogP contribution in [0.25, 0.3) is 0 Å². The monoisotopic (exact) mass is 355 g/mol. The summed E-state index contributed by atoms with van der Waals surface area (Å²) in [4.78, 5) is 22.6. The Morgan fingerprint density at radius 3 is 2.71 bits per heavy atom. The van der Waals surface area contributed by atoms with Gasteiger partial charge in [0.15, 0.2) is 0 Å². The molecule has 1 unspecified atom stereocenters. The van der Waals surface area contributed by atoms with Crippen LogP contribution < -0.4 is 10.6 Å². The third-order valence-electron chi connectivity index (χ3n) is 3.47. The van der Waals surface area contributed by atoms with Crippen molar-refractivity contribution in [3.05, 3.63) is 10.8 Å². The van der Waals surface area contributed by atoms with Crippen LogP contribution in [0.2, 0.25) is 0 Å². The molecule has 0 radical (unpaired) electrons. The van der Waals surface area contributed by atoms with E-state index in [1.54, 1.807) is 0 Å². The summed E-state index contributed by atoms with van der Waals surface area (Å²) in [6, 6.07) is -0.298. The summed E-state index contributed by atoms with van der Waals surface area (Å²) < 4.78 is 0.763. The van der Waals surface area contributed by atoms with Crippen molar-refractivity contribution < 1.29 is 4.79 Å². The highest BCUT2D eigenvalue weighted by atomic mass is 79.9. The van der Waals surface area contributed by atoms with Gasteiger partial charge >= 0.3 is 0 Å². The van der Waals surface area contributed by atoms with Gasteiger partial charge in [-0.05, 0) is 42.1 Å². The van der Waals surface area contributed by atoms with Gasteiger partial charge in [-0.3, -0.25) is 4.79 Å². The molecule has 2 N–H and O–H groups in total. The summed E-state index contributed by atoms with van der Waals surface area (Å²) in [7, 11) is 0. The molecule has 0 aromatic carbocycles. The summed E-state index contributed by atoms with van der Waals surface area (Å²) in [5.74, 6) is 1.51. The van der Waals surface area contributed by atoms with Crippen molar-refractivity contribution in [2.75, 3.05) is 30.3 Å². The van der Waals surface area contributed by atoms with Crippen molar-refractivity contribution >= 4 is 33.5 Å². The molecular weight excluding hydrogens is 334 g/mol. The highest BCUT2D eigenvalue weighted by Crippen LogP contribution is 2.27. The number of nitrogens with zero attached hydrogens (tertiary/aromatic N) is 3. The SMILES string of the molecule is CCCNc1ncnc(NC(C)C(=O)N2CCCC2)c1Br. The highest BCUT2D eigenvalue weighted by Gasteiger charge is 2.24. The zero-order valence-corrected chi connectivity index (χ0v) is 14.1. The zero-order chi connectivity index (χ0) is 15.2. The Balaban J connectivity index is 2.02. The van der Waals surface area contributed by atoms with Gasteiger partial charge in [-0.1, -0.05) is 6.92 Å². The summed E-state index contributed by atoms with van der Waals surface area (Å²) >= 11 is 3.50. The average molecular weight is 356 g/mol. The maximum Gasteiger partial charge on any atom is 0.244 e. The van der Waals surface area contributed by atoms with E-state index < -0.39 is 0 Å². The minimum atomic E-state index is -0.298. The van der Waals surface area contributed by atoms with Crippen LogP contribution in [-0.4, -0.2) is 46.5 Å². The van der Waals surface area contributed by atoms with Crippen LogP contribution in [0.5, 0.6) is 0 Å². The van der Waals surface area contributed by atoms with Crippen molar-refractivity contribution in [2.45, 2.75) is 39.2 Å². The molecule has 1 aromatic rings. The number of hydrogen-bond acceptors (Lipinski definition) is 5. The number of anilines is 2. The second-order valence-electron chi connectivity index (χ2n) is 5.21. The van der Waals surface area contributed by atoms with Gasteiger partial charge in [-0.25, -0.2) is 9.97 Å². The minimum absolute atomic E-state index is 0.126. The van der Waals surface area contributed by atoms with Crippen LogP contribution in [0.3, 0.4) is 0 Å². The van der Waals surface area contributed by atoms with Crippen LogP contribution in [0.15, 0.2) is 10.8 Å². The number of nitrogens with one attached hydrogen (secondary N) is 2. The maximum atomic E-state index is 12.3. The molecule has 21 heavy (non-hydrogen) atoms. The molecule has 0 bridgehead atoms. The molecule has 7 heteroatoms. The van der Waals surface area contributed by atoms with Gasteiger partial charge in [0, 0.05) is 19.6 Å². The molecule has 1 aromatic heterocycles. The van der Waals surface area contributed by atoms with E-state index in [4.69, 9.17) is 0 Å². The first-order valence-electron chi connectivity index (χ1n) is 7.43. The van der Waals surface area contributed by atoms with Gasteiger partial charge in [-0.2, -0.15) is 0 Å². The minimum Gasteiger partial charge on any atom is -0.369 e. The molecule has 1 atom stereocenters. The fourth-order valence-electron chi connectivity index (χ4n) is 2.32. The number of likely N-dealkylation sites (tertiary alicyclic amines) is 1. The van der Waals surface area contributed by atoms with E-state index in [2.05, 4.69) is 43.5 Å². The van der Waals surface area contributed by atoms with E-state index in [1.807, 2.05) is 11.8 Å². The molecule has 1 fully saturated rings. The number of carbonyl (C=O) groups is 1. The lowest BCUT2D eigenvalue weighted by atomic mass is 10.3. The van der Waals surface area contributed by atoms with Crippen molar-refractivity contribution in [2.24, 2.45) is 0 Å². The molecule has 0 spiro atoms. The number of aromatic nitrogens is 2. The Kier molecular flexibility index (Phi) is 5.78. The smallest absolute Gasteiger partial charge is 0.244 e. The van der Waals surface area contributed by atoms with Crippen molar-refractivity contribution in [1.29, 1.82) is 0 Å². The van der Waals surface area contributed by atoms with Crippen LogP contribution >= 0.6 is 15.9 Å². The third kappa shape index (κ3) is 4.06. The molecule has 2 heterocycles. The molecule has 2 rings (SSSR count). The van der Waals surface area contributed by atoms with Crippen molar-refractivity contribution in [3.63, 3.8) is 0 Å². The molecule has 1 aliphatic heterocycles. The van der Waals surface area contributed by atoms with Gasteiger partial charge in [0.25, 0.3) is 0 Å². The quantitative estimate of drug-likeness (QED) is 0.820. The van der Waals surface area contributed by atoms with E-state index in [0.29, 0.717) is 5.82 Å². The lowest BCUT2D eigenvalue weighted by Crippen LogP contribution is -2.39. The Hall–Kier alpha value is -1.37. The first kappa shape index (κ1) is 16.0. The molecule has 1 saturated heterocycles. The topological polar surface area (TPSA) is 70.1 Å². The van der Waals surface area contributed by atoms with Crippen LogP contribution in [0, 0.1) is 0 Å². The predicted molar refractivity (Wildman–Crippen MR) is 87.4 cm³/mol. The number of carbonyl (C=O) groups excluding carboxylic acids is 1. The Bertz CT molecular complexity index is 490. The van der Waals surface area contributed by atoms with Crippen LogP contribution in [0.1, 0.15) is 33.1 Å². The Morgan fingerprint density at radius 2 is 2.05 bits per heavy atom. The predicted octanol–water partition coefficient (Wildman–Crippen LogP) is 2.48. The van der Waals surface area contributed by atoms with E-state index in [-0.39, 0.29) is 11.9 Å². The first-order chi connectivity index (χ1) is 10.1. The van der Waals surface area contributed by atoms with Crippen molar-refractivity contribution in [1.82, 2.24) is 14.9 Å². The number of amides is 1. The van der Waals surface area contributed by atoms with Gasteiger partial charge in [0.2, 0.25) is 5.91 Å². The summed E-state index contributed by atoms with van der Waals surface area (Å²) in [6.07, 6.45) is 4.71. The number of hydrogen-bond donors (Lipinski definition) is 2. The first-order valence-corrected chi connectivity index (χ1v) is 8.22. The molecule has 0 saturated carbocycles. The van der Waals surface area contributed by atoms with Gasteiger partial charge in [0.1, 0.15) is 28.5 Å². The van der Waals surface area contributed by atoms with E-state index in [9.17, 15) is 4.79 Å². The average Bonchev–Trinajstić information content (AvgIpc) is 3.01. The number of rotatable bonds is 6.